The van der Waals surface area contributed by atoms with Crippen LogP contribution in [-0.2, 0) is 0 Å². The van der Waals surface area contributed by atoms with Gasteiger partial charge >= 0.3 is 0 Å². The summed E-state index contributed by atoms with van der Waals surface area (Å²) < 4.78 is 0. The Morgan fingerprint density at radius 1 is 1.05 bits per heavy atom. The summed E-state index contributed by atoms with van der Waals surface area (Å²) >= 11 is 0. The first-order valence-corrected chi connectivity index (χ1v) is 9.27. The molecule has 2 rings (SSSR count). The molecule has 1 aliphatic rings. The lowest BCUT2D eigenvalue weighted by Gasteiger charge is -2.21. The molecule has 0 nitrogen and oxygen atoms in total. The Kier molecular flexibility index (Phi) is 6.33. The fourth-order valence-corrected chi connectivity index (χ4v) is 4.24. The summed E-state index contributed by atoms with van der Waals surface area (Å²) in [5.74, 6) is 3.35. The zero-order chi connectivity index (χ0) is 15.2. The lowest BCUT2D eigenvalue weighted by molar-refractivity contribution is 0.367. The third-order valence-corrected chi connectivity index (χ3v) is 5.81. The molecule has 1 saturated carbocycles. The molecule has 1 aromatic rings. The molecule has 4 unspecified atom stereocenters. The van der Waals surface area contributed by atoms with Crippen molar-refractivity contribution < 1.29 is 0 Å². The van der Waals surface area contributed by atoms with E-state index >= 15 is 0 Å². The van der Waals surface area contributed by atoms with Gasteiger partial charge < -0.3 is 0 Å². The highest BCUT2D eigenvalue weighted by Crippen LogP contribution is 2.45. The fraction of sp³-hybridized carbons (Fsp3) is 0.714. The van der Waals surface area contributed by atoms with Crippen LogP contribution in [0.2, 0.25) is 0 Å². The Morgan fingerprint density at radius 3 is 2.38 bits per heavy atom. The van der Waals surface area contributed by atoms with E-state index in [1.807, 2.05) is 0 Å². The number of rotatable bonds is 7. The van der Waals surface area contributed by atoms with Crippen LogP contribution in [0, 0.1) is 11.8 Å². The summed E-state index contributed by atoms with van der Waals surface area (Å²) in [5.41, 5.74) is 3.12. The smallest absolute Gasteiger partial charge is 0.0133 e. The lowest BCUT2D eigenvalue weighted by atomic mass is 9.84. The van der Waals surface area contributed by atoms with Crippen LogP contribution in [0.25, 0.3) is 0 Å². The van der Waals surface area contributed by atoms with Gasteiger partial charge in [0.25, 0.3) is 0 Å². The molecule has 1 aromatic carbocycles. The quantitative estimate of drug-likeness (QED) is 0.511. The van der Waals surface area contributed by atoms with Crippen LogP contribution in [0.4, 0.5) is 0 Å². The molecule has 0 aromatic heterocycles. The van der Waals surface area contributed by atoms with Crippen molar-refractivity contribution in [3.8, 4) is 0 Å². The van der Waals surface area contributed by atoms with Gasteiger partial charge in [0, 0.05) is 0 Å². The van der Waals surface area contributed by atoms with Crippen LogP contribution in [0.3, 0.4) is 0 Å². The van der Waals surface area contributed by atoms with Gasteiger partial charge in [0.05, 0.1) is 0 Å². The van der Waals surface area contributed by atoms with E-state index in [1.165, 1.54) is 50.5 Å². The van der Waals surface area contributed by atoms with Gasteiger partial charge in [-0.05, 0) is 54.1 Å². The molecule has 0 spiro atoms. The Morgan fingerprint density at radius 2 is 1.76 bits per heavy atom. The average molecular weight is 287 g/mol. The molecule has 0 heteroatoms. The molecular formula is C21H34. The monoisotopic (exact) mass is 286 g/mol. The topological polar surface area (TPSA) is 0 Å². The van der Waals surface area contributed by atoms with E-state index in [0.717, 1.165) is 17.8 Å². The molecule has 0 saturated heterocycles. The van der Waals surface area contributed by atoms with Crippen molar-refractivity contribution in [2.45, 2.75) is 84.5 Å². The third-order valence-electron chi connectivity index (χ3n) is 5.81. The zero-order valence-electron chi connectivity index (χ0n) is 14.6. The van der Waals surface area contributed by atoms with Crippen LogP contribution in [0.15, 0.2) is 24.3 Å². The third kappa shape index (κ3) is 4.11. The maximum atomic E-state index is 2.48. The van der Waals surface area contributed by atoms with Crippen molar-refractivity contribution in [3.05, 3.63) is 35.4 Å². The normalized spacial score (nSPS) is 27.0. The van der Waals surface area contributed by atoms with Crippen LogP contribution in [0.1, 0.15) is 95.6 Å². The largest absolute Gasteiger partial charge is 0.0654 e. The standard InChI is InChI=1S/C21H34/c1-5-7-9-16(3)18-10-12-20(13-11-18)21-15-14-19(8-6-2)17(21)4/h10-13,16-17,19,21H,5-9,14-15H2,1-4H3. The second-order valence-electron chi connectivity index (χ2n) is 7.30. The first-order valence-electron chi connectivity index (χ1n) is 9.27. The maximum Gasteiger partial charge on any atom is -0.0133 e. The minimum absolute atomic E-state index is 0.716. The van der Waals surface area contributed by atoms with E-state index in [9.17, 15) is 0 Å². The number of hydrogen-bond acceptors (Lipinski definition) is 0. The molecule has 21 heavy (non-hydrogen) atoms. The first-order chi connectivity index (χ1) is 10.2. The average Bonchev–Trinajstić information content (AvgIpc) is 2.87. The molecule has 0 radical (unpaired) electrons. The SMILES string of the molecule is CCCCC(C)c1ccc(C2CCC(CCC)C2C)cc1. The molecule has 1 aliphatic carbocycles. The summed E-state index contributed by atoms with van der Waals surface area (Å²) in [5, 5.41) is 0. The minimum atomic E-state index is 0.716. The summed E-state index contributed by atoms with van der Waals surface area (Å²) in [7, 11) is 0. The highest BCUT2D eigenvalue weighted by atomic mass is 14.4. The van der Waals surface area contributed by atoms with Gasteiger partial charge in [-0.2, -0.15) is 0 Å². The van der Waals surface area contributed by atoms with Crippen LogP contribution >= 0.6 is 0 Å². The predicted octanol–water partition coefficient (Wildman–Crippen LogP) is 6.91. The fourth-order valence-electron chi connectivity index (χ4n) is 4.24. The van der Waals surface area contributed by atoms with Gasteiger partial charge in [-0.1, -0.05) is 77.6 Å². The summed E-state index contributed by atoms with van der Waals surface area (Å²) in [4.78, 5) is 0. The Bertz CT molecular complexity index is 403. The van der Waals surface area contributed by atoms with Crippen molar-refractivity contribution >= 4 is 0 Å². The number of hydrogen-bond donors (Lipinski definition) is 0. The van der Waals surface area contributed by atoms with E-state index in [-0.39, 0.29) is 0 Å². The Labute approximate surface area is 132 Å². The Hall–Kier alpha value is -0.780. The van der Waals surface area contributed by atoms with E-state index in [4.69, 9.17) is 0 Å². The maximum absolute atomic E-state index is 2.48. The number of unbranched alkanes of at least 4 members (excludes halogenated alkanes) is 1. The molecule has 1 fully saturated rings. The van der Waals surface area contributed by atoms with Crippen LogP contribution < -0.4 is 0 Å². The first kappa shape index (κ1) is 16.6. The van der Waals surface area contributed by atoms with E-state index in [2.05, 4.69) is 52.0 Å². The Balaban J connectivity index is 1.99. The zero-order valence-corrected chi connectivity index (χ0v) is 14.6. The predicted molar refractivity (Wildman–Crippen MR) is 93.9 cm³/mol. The van der Waals surface area contributed by atoms with Crippen molar-refractivity contribution in [1.82, 2.24) is 0 Å². The van der Waals surface area contributed by atoms with Crippen molar-refractivity contribution in [2.75, 3.05) is 0 Å². The summed E-state index contributed by atoms with van der Waals surface area (Å²) in [6.07, 6.45) is 9.58. The van der Waals surface area contributed by atoms with Gasteiger partial charge in [-0.3, -0.25) is 0 Å². The van der Waals surface area contributed by atoms with Gasteiger partial charge in [-0.25, -0.2) is 0 Å². The lowest BCUT2D eigenvalue weighted by Crippen LogP contribution is -2.10. The molecule has 118 valence electrons. The molecule has 0 bridgehead atoms. The molecule has 0 aliphatic heterocycles. The van der Waals surface area contributed by atoms with Gasteiger partial charge in [0.1, 0.15) is 0 Å². The molecular weight excluding hydrogens is 252 g/mol. The van der Waals surface area contributed by atoms with Gasteiger partial charge in [0.15, 0.2) is 0 Å². The molecule has 0 N–H and O–H groups in total. The summed E-state index contributed by atoms with van der Waals surface area (Å²) in [6.45, 7) is 9.46. The van der Waals surface area contributed by atoms with Gasteiger partial charge in [0.2, 0.25) is 0 Å². The van der Waals surface area contributed by atoms with Gasteiger partial charge in [-0.15, -0.1) is 0 Å². The van der Waals surface area contributed by atoms with Crippen LogP contribution in [0.5, 0.6) is 0 Å². The second-order valence-corrected chi connectivity index (χ2v) is 7.30. The minimum Gasteiger partial charge on any atom is -0.0654 e. The van der Waals surface area contributed by atoms with Crippen LogP contribution in [-0.4, -0.2) is 0 Å². The second kappa shape index (κ2) is 8.01. The molecule has 4 atom stereocenters. The summed E-state index contributed by atoms with van der Waals surface area (Å²) in [6, 6.07) is 9.64. The number of benzene rings is 1. The highest BCUT2D eigenvalue weighted by molar-refractivity contribution is 5.28. The molecule has 0 amide bonds. The van der Waals surface area contributed by atoms with Crippen molar-refractivity contribution in [1.29, 1.82) is 0 Å². The van der Waals surface area contributed by atoms with Crippen molar-refractivity contribution in [3.63, 3.8) is 0 Å². The highest BCUT2D eigenvalue weighted by Gasteiger charge is 2.32. The van der Waals surface area contributed by atoms with E-state index in [0.29, 0.717) is 5.92 Å². The van der Waals surface area contributed by atoms with E-state index < -0.39 is 0 Å². The van der Waals surface area contributed by atoms with E-state index in [1.54, 1.807) is 5.56 Å². The molecule has 0 heterocycles. The van der Waals surface area contributed by atoms with Crippen molar-refractivity contribution in [2.24, 2.45) is 11.8 Å².